The summed E-state index contributed by atoms with van der Waals surface area (Å²) in [4.78, 5) is 56.2. The monoisotopic (exact) mass is 804 g/mol. The first-order valence-corrected chi connectivity index (χ1v) is 19.2. The Morgan fingerprint density at radius 3 is 1.97 bits per heavy atom. The van der Waals surface area contributed by atoms with E-state index in [2.05, 4.69) is 25.5 Å². The van der Waals surface area contributed by atoms with Crippen molar-refractivity contribution in [2.24, 2.45) is 14.1 Å². The zero-order chi connectivity index (χ0) is 41.4. The van der Waals surface area contributed by atoms with Crippen molar-refractivity contribution in [3.8, 4) is 11.3 Å². The van der Waals surface area contributed by atoms with Gasteiger partial charge in [0.25, 0.3) is 22.9 Å². The van der Waals surface area contributed by atoms with E-state index in [-0.39, 0.29) is 61.3 Å². The average Bonchev–Trinajstić information content (AvgIpc) is 4.02. The molecule has 8 aromatic rings. The molecule has 0 spiro atoms. The van der Waals surface area contributed by atoms with Crippen molar-refractivity contribution in [1.82, 2.24) is 49.8 Å². The van der Waals surface area contributed by atoms with E-state index in [0.29, 0.717) is 66.6 Å². The minimum absolute atomic E-state index is 0.0498. The predicted octanol–water partition coefficient (Wildman–Crippen LogP) is 5.07. The number of fused-ring (bicyclic) bond motifs is 4. The van der Waals surface area contributed by atoms with E-state index in [1.807, 2.05) is 6.20 Å². The molecule has 2 aliphatic heterocycles. The highest BCUT2D eigenvalue weighted by Gasteiger charge is 2.34. The maximum Gasteiger partial charge on any atom is 0.272 e. The summed E-state index contributed by atoms with van der Waals surface area (Å²) in [6.07, 6.45) is 2.18. The number of carbonyl (C=O) groups excluding carboxylic acids is 2. The molecule has 60 heavy (non-hydrogen) atoms. The number of hydrogen-bond donors (Lipinski definition) is 2. The Hall–Kier alpha value is -7.62. The lowest BCUT2D eigenvalue weighted by Gasteiger charge is -2.19. The Morgan fingerprint density at radius 1 is 0.683 bits per heavy atom. The molecule has 0 saturated heterocycles. The lowest BCUT2D eigenvalue weighted by Crippen LogP contribution is -2.27. The van der Waals surface area contributed by atoms with E-state index in [9.17, 15) is 19.2 Å². The normalized spacial score (nSPS) is 13.4. The summed E-state index contributed by atoms with van der Waals surface area (Å²) in [6.45, 7) is 0.679. The summed E-state index contributed by atoms with van der Waals surface area (Å²) >= 11 is 0. The van der Waals surface area contributed by atoms with Crippen LogP contribution in [-0.2, 0) is 53.1 Å². The number of nitrogens with zero attached hydrogens (tertiary/aromatic N) is 8. The van der Waals surface area contributed by atoms with Gasteiger partial charge in [-0.1, -0.05) is 42.5 Å². The summed E-state index contributed by atoms with van der Waals surface area (Å²) < 4.78 is 35.2. The molecular weight excluding hydrogens is 771 g/mol. The van der Waals surface area contributed by atoms with Crippen LogP contribution in [0.5, 0.6) is 0 Å². The Labute approximate surface area is 338 Å². The summed E-state index contributed by atoms with van der Waals surface area (Å²) in [5.41, 5.74) is 5.01. The van der Waals surface area contributed by atoms with E-state index in [0.717, 1.165) is 11.3 Å². The topological polar surface area (TPSA) is 168 Å². The molecular formula is C44H34F2N10O4. The van der Waals surface area contributed by atoms with Crippen LogP contribution in [0.15, 0.2) is 94.6 Å². The number of H-pyrrole nitrogens is 2. The molecule has 0 fully saturated rings. The zero-order valence-electron chi connectivity index (χ0n) is 32.3. The number of hydrogen-bond acceptors (Lipinski definition) is 8. The highest BCUT2D eigenvalue weighted by Crippen LogP contribution is 2.37. The van der Waals surface area contributed by atoms with Crippen molar-refractivity contribution in [2.45, 2.75) is 39.0 Å². The second kappa shape index (κ2) is 14.0. The van der Waals surface area contributed by atoms with Gasteiger partial charge < -0.3 is 9.80 Å². The molecule has 0 unspecified atom stereocenters. The van der Waals surface area contributed by atoms with Gasteiger partial charge in [0.15, 0.2) is 0 Å². The number of amides is 2. The highest BCUT2D eigenvalue weighted by atomic mass is 19.1. The van der Waals surface area contributed by atoms with E-state index in [1.165, 1.54) is 29.2 Å². The standard InChI is InChI=1S/C44H34F2N10O4/c1-53-18-25-19-55(21-38(25)51-53)44(60)32-15-24(16-37-27-8-4-6-10-29(27)42(58)50-48-37)30(17-35(32)46)40-33-20-56(22-39(33)54(2)52-40)43(59)31-13-23(11-12-34(31)45)14-36-26-7-3-5-9-28(26)41(57)49-47-36/h3-13,15,17-18H,14,16,19-22H2,1-2H3,(H,49,57)(H,50,58). The van der Waals surface area contributed by atoms with Gasteiger partial charge in [-0.15, -0.1) is 0 Å². The Bertz CT molecular complexity index is 3220. The molecule has 4 aromatic heterocycles. The first-order chi connectivity index (χ1) is 29.0. The molecule has 0 bridgehead atoms. The van der Waals surface area contributed by atoms with Crippen molar-refractivity contribution in [1.29, 1.82) is 0 Å². The summed E-state index contributed by atoms with van der Waals surface area (Å²) in [7, 11) is 3.53. The molecule has 0 aliphatic carbocycles. The number of rotatable bonds is 7. The van der Waals surface area contributed by atoms with E-state index < -0.39 is 23.4 Å². The summed E-state index contributed by atoms with van der Waals surface area (Å²) in [5.74, 6) is -2.50. The molecule has 298 valence electrons. The van der Waals surface area contributed by atoms with Crippen LogP contribution in [0.3, 0.4) is 0 Å². The van der Waals surface area contributed by atoms with Crippen LogP contribution >= 0.6 is 0 Å². The number of benzene rings is 4. The number of aryl methyl sites for hydroxylation is 2. The van der Waals surface area contributed by atoms with E-state index in [1.54, 1.807) is 83.0 Å². The number of nitrogens with one attached hydrogen (secondary N) is 2. The van der Waals surface area contributed by atoms with Crippen molar-refractivity contribution in [3.05, 3.63) is 174 Å². The Balaban J connectivity index is 0.998. The SMILES string of the molecule is Cn1cc2c(n1)CN(C(=O)c1cc(Cc3n[nH]c(=O)c4ccccc34)c(-c3nn(C)c4c3CN(C(=O)c3cc(Cc5n[nH]c(=O)c6ccccc56)ccc3F)C4)cc1F)C2. The molecule has 0 atom stereocenters. The van der Waals surface area contributed by atoms with Gasteiger partial charge in [-0.3, -0.25) is 28.5 Å². The molecule has 14 nitrogen and oxygen atoms in total. The third kappa shape index (κ3) is 6.15. The highest BCUT2D eigenvalue weighted by molar-refractivity contribution is 5.97. The minimum atomic E-state index is -0.753. The number of carbonyl (C=O) groups is 2. The van der Waals surface area contributed by atoms with Crippen molar-refractivity contribution < 1.29 is 18.4 Å². The van der Waals surface area contributed by atoms with E-state index >= 15 is 8.78 Å². The van der Waals surface area contributed by atoms with Crippen LogP contribution in [0.1, 0.15) is 65.7 Å². The van der Waals surface area contributed by atoms with Gasteiger partial charge in [-0.05, 0) is 47.5 Å². The number of aromatic nitrogens is 8. The smallest absolute Gasteiger partial charge is 0.272 e. The molecule has 6 heterocycles. The Morgan fingerprint density at radius 2 is 1.30 bits per heavy atom. The average molecular weight is 805 g/mol. The largest absolute Gasteiger partial charge is 0.328 e. The molecule has 2 N–H and O–H groups in total. The quantitative estimate of drug-likeness (QED) is 0.225. The van der Waals surface area contributed by atoms with Crippen molar-refractivity contribution in [3.63, 3.8) is 0 Å². The van der Waals surface area contributed by atoms with Crippen LogP contribution in [0.2, 0.25) is 0 Å². The lowest BCUT2D eigenvalue weighted by atomic mass is 9.93. The van der Waals surface area contributed by atoms with Gasteiger partial charge >= 0.3 is 0 Å². The number of aromatic amines is 2. The predicted molar refractivity (Wildman–Crippen MR) is 216 cm³/mol. The van der Waals surface area contributed by atoms with Gasteiger partial charge in [0.2, 0.25) is 0 Å². The summed E-state index contributed by atoms with van der Waals surface area (Å²) in [6, 6.07) is 21.2. The second-order valence-electron chi connectivity index (χ2n) is 15.2. The molecule has 2 amide bonds. The maximum absolute atomic E-state index is 16.4. The van der Waals surface area contributed by atoms with Gasteiger partial charge in [0.1, 0.15) is 11.6 Å². The van der Waals surface area contributed by atoms with E-state index in [4.69, 9.17) is 5.10 Å². The fraction of sp³-hybridized carbons (Fsp3) is 0.182. The lowest BCUT2D eigenvalue weighted by molar-refractivity contribution is 0.0736. The summed E-state index contributed by atoms with van der Waals surface area (Å²) in [5, 5.41) is 25.1. The molecule has 16 heteroatoms. The first kappa shape index (κ1) is 36.7. The van der Waals surface area contributed by atoms with Gasteiger partial charge in [0.05, 0.1) is 70.0 Å². The van der Waals surface area contributed by atoms with Crippen molar-refractivity contribution in [2.75, 3.05) is 0 Å². The molecule has 2 aliphatic rings. The zero-order valence-corrected chi connectivity index (χ0v) is 32.3. The third-order valence-electron chi connectivity index (χ3n) is 11.5. The van der Waals surface area contributed by atoms with Crippen LogP contribution < -0.4 is 11.1 Å². The Kier molecular flexibility index (Phi) is 8.59. The van der Waals surface area contributed by atoms with Crippen LogP contribution in [0, 0.1) is 11.6 Å². The number of halogens is 2. The van der Waals surface area contributed by atoms with Gasteiger partial charge in [-0.25, -0.2) is 19.0 Å². The van der Waals surface area contributed by atoms with Crippen LogP contribution in [-0.4, -0.2) is 61.6 Å². The third-order valence-corrected chi connectivity index (χ3v) is 11.5. The van der Waals surface area contributed by atoms with Gasteiger partial charge in [-0.2, -0.15) is 20.4 Å². The molecule has 0 saturated carbocycles. The minimum Gasteiger partial charge on any atom is -0.328 e. The van der Waals surface area contributed by atoms with Crippen molar-refractivity contribution >= 4 is 33.4 Å². The first-order valence-electron chi connectivity index (χ1n) is 19.2. The van der Waals surface area contributed by atoms with Crippen LogP contribution in [0.4, 0.5) is 8.78 Å². The molecule has 0 radical (unpaired) electrons. The fourth-order valence-electron chi connectivity index (χ4n) is 8.51. The molecule has 4 aromatic carbocycles. The fourth-order valence-corrected chi connectivity index (χ4v) is 8.51. The maximum atomic E-state index is 16.4. The van der Waals surface area contributed by atoms with Crippen LogP contribution in [0.25, 0.3) is 32.8 Å². The second-order valence-corrected chi connectivity index (χ2v) is 15.2. The molecule has 10 rings (SSSR count). The van der Waals surface area contributed by atoms with Gasteiger partial charge in [0, 0.05) is 67.1 Å².